The van der Waals surface area contributed by atoms with Crippen molar-refractivity contribution >= 4 is 5.57 Å². The second-order valence-electron chi connectivity index (χ2n) is 5.20. The Labute approximate surface area is 120 Å². The summed E-state index contributed by atoms with van der Waals surface area (Å²) >= 11 is 0. The van der Waals surface area contributed by atoms with E-state index >= 15 is 0 Å². The van der Waals surface area contributed by atoms with Crippen molar-refractivity contribution in [3.8, 4) is 6.07 Å². The zero-order valence-corrected chi connectivity index (χ0v) is 12.2. The van der Waals surface area contributed by atoms with Crippen molar-refractivity contribution in [1.29, 1.82) is 5.26 Å². The van der Waals surface area contributed by atoms with Gasteiger partial charge in [-0.15, -0.1) is 0 Å². The number of nitrogens with zero attached hydrogens (tertiary/aromatic N) is 1. The molecule has 102 valence electrons. The minimum atomic E-state index is -0.996. The molecule has 2 nitrogen and oxygen atoms in total. The molecule has 2 N–H and O–H groups in total. The van der Waals surface area contributed by atoms with E-state index in [1.807, 2.05) is 63.3 Å². The van der Waals surface area contributed by atoms with Crippen LogP contribution in [0.2, 0.25) is 0 Å². The minimum absolute atomic E-state index is 0.0844. The summed E-state index contributed by atoms with van der Waals surface area (Å²) in [4.78, 5) is 0. The van der Waals surface area contributed by atoms with Crippen LogP contribution in [-0.4, -0.2) is 5.54 Å². The van der Waals surface area contributed by atoms with Crippen LogP contribution in [0.5, 0.6) is 0 Å². The van der Waals surface area contributed by atoms with Crippen molar-refractivity contribution in [3.63, 3.8) is 0 Å². The Balaban J connectivity index is 2.57. The number of aryl methyl sites for hydroxylation is 1. The Morgan fingerprint density at radius 1 is 1.25 bits per heavy atom. The summed E-state index contributed by atoms with van der Waals surface area (Å²) in [6.45, 7) is 5.99. The number of hydrogen-bond acceptors (Lipinski definition) is 2. The maximum absolute atomic E-state index is 9.65. The second-order valence-corrected chi connectivity index (χ2v) is 5.20. The number of benzene rings is 1. The fourth-order valence-corrected chi connectivity index (χ4v) is 2.71. The average Bonchev–Trinajstić information content (AvgIpc) is 2.74. The van der Waals surface area contributed by atoms with E-state index in [1.165, 1.54) is 5.56 Å². The summed E-state index contributed by atoms with van der Waals surface area (Å²) in [5.74, 6) is -0.0844. The molecule has 0 fully saturated rings. The first-order valence-electron chi connectivity index (χ1n) is 6.85. The fraction of sp³-hybridized carbons (Fsp3) is 0.278. The lowest BCUT2D eigenvalue weighted by Crippen LogP contribution is -2.43. The maximum atomic E-state index is 9.65. The minimum Gasteiger partial charge on any atom is -0.309 e. The Morgan fingerprint density at radius 2 is 1.90 bits per heavy atom. The third-order valence-corrected chi connectivity index (χ3v) is 3.87. The Hall–Kier alpha value is -2.11. The standard InChI is InChI=1S/C18H20N2/c1-4-6-16-14(5-2)11-17(18(16,20)12-19)15-9-7-13(3)8-10-15/h4-11,16H,20H2,1-3H3/b6-4-,14-5-. The first kappa shape index (κ1) is 14.3. The van der Waals surface area contributed by atoms with Crippen molar-refractivity contribution < 1.29 is 0 Å². The van der Waals surface area contributed by atoms with Crippen LogP contribution >= 0.6 is 0 Å². The van der Waals surface area contributed by atoms with E-state index in [0.29, 0.717) is 0 Å². The molecule has 0 radical (unpaired) electrons. The monoisotopic (exact) mass is 264 g/mol. The van der Waals surface area contributed by atoms with Crippen LogP contribution in [0.4, 0.5) is 0 Å². The zero-order chi connectivity index (χ0) is 14.8. The Kier molecular flexibility index (Phi) is 3.92. The fourth-order valence-electron chi connectivity index (χ4n) is 2.71. The topological polar surface area (TPSA) is 49.8 Å². The number of nitrogens with two attached hydrogens (primary N) is 1. The molecule has 1 aliphatic rings. The van der Waals surface area contributed by atoms with Crippen LogP contribution < -0.4 is 5.73 Å². The Bertz CT molecular complexity index is 626. The van der Waals surface area contributed by atoms with Gasteiger partial charge in [-0.05, 0) is 37.5 Å². The van der Waals surface area contributed by atoms with Crippen LogP contribution in [0.3, 0.4) is 0 Å². The van der Waals surface area contributed by atoms with Crippen LogP contribution in [0.15, 0.2) is 54.1 Å². The molecule has 0 saturated heterocycles. The quantitative estimate of drug-likeness (QED) is 0.827. The van der Waals surface area contributed by atoms with Crippen LogP contribution in [-0.2, 0) is 0 Å². The van der Waals surface area contributed by atoms with Gasteiger partial charge in [0.15, 0.2) is 0 Å². The molecule has 2 rings (SSSR count). The summed E-state index contributed by atoms with van der Waals surface area (Å²) in [7, 11) is 0. The van der Waals surface area contributed by atoms with Crippen molar-refractivity contribution in [2.24, 2.45) is 11.7 Å². The summed E-state index contributed by atoms with van der Waals surface area (Å²) in [5, 5.41) is 9.65. The first-order valence-corrected chi connectivity index (χ1v) is 6.85. The molecule has 2 unspecified atom stereocenters. The normalized spacial score (nSPS) is 27.9. The van der Waals surface area contributed by atoms with E-state index in [1.54, 1.807) is 0 Å². The van der Waals surface area contributed by atoms with E-state index in [2.05, 4.69) is 12.1 Å². The molecule has 1 aromatic rings. The van der Waals surface area contributed by atoms with E-state index in [9.17, 15) is 5.26 Å². The van der Waals surface area contributed by atoms with Gasteiger partial charge >= 0.3 is 0 Å². The molecule has 0 heterocycles. The Morgan fingerprint density at radius 3 is 2.40 bits per heavy atom. The molecule has 0 spiro atoms. The summed E-state index contributed by atoms with van der Waals surface area (Å²) < 4.78 is 0. The van der Waals surface area contributed by atoms with Gasteiger partial charge in [0.2, 0.25) is 0 Å². The molecule has 2 heteroatoms. The smallest absolute Gasteiger partial charge is 0.140 e. The van der Waals surface area contributed by atoms with Gasteiger partial charge in [0.25, 0.3) is 0 Å². The zero-order valence-electron chi connectivity index (χ0n) is 12.2. The third-order valence-electron chi connectivity index (χ3n) is 3.87. The van der Waals surface area contributed by atoms with E-state index in [0.717, 1.165) is 16.7 Å². The van der Waals surface area contributed by atoms with Gasteiger partial charge in [-0.3, -0.25) is 0 Å². The lowest BCUT2D eigenvalue weighted by atomic mass is 9.80. The molecule has 0 saturated carbocycles. The van der Waals surface area contributed by atoms with Gasteiger partial charge in [0, 0.05) is 5.92 Å². The van der Waals surface area contributed by atoms with Gasteiger partial charge in [0.05, 0.1) is 6.07 Å². The second kappa shape index (κ2) is 5.48. The lowest BCUT2D eigenvalue weighted by molar-refractivity contribution is 0.590. The van der Waals surface area contributed by atoms with Crippen molar-refractivity contribution in [3.05, 3.63) is 65.3 Å². The van der Waals surface area contributed by atoms with Gasteiger partial charge in [-0.25, -0.2) is 0 Å². The molecule has 1 aliphatic carbocycles. The SMILES string of the molecule is C/C=C\C1/C(=C\C)C=C(c2ccc(C)cc2)C1(N)C#N. The van der Waals surface area contributed by atoms with Crippen molar-refractivity contribution in [2.75, 3.05) is 0 Å². The molecule has 0 bridgehead atoms. The highest BCUT2D eigenvalue weighted by Crippen LogP contribution is 2.43. The number of rotatable bonds is 2. The molecule has 2 atom stereocenters. The summed E-state index contributed by atoms with van der Waals surface area (Å²) in [5.41, 5.74) is 9.67. The molecule has 20 heavy (non-hydrogen) atoms. The van der Waals surface area contributed by atoms with E-state index in [-0.39, 0.29) is 5.92 Å². The van der Waals surface area contributed by atoms with E-state index < -0.39 is 5.54 Å². The molecular weight excluding hydrogens is 244 g/mol. The highest BCUT2D eigenvalue weighted by Gasteiger charge is 2.44. The molecule has 0 amide bonds. The van der Waals surface area contributed by atoms with Gasteiger partial charge in [-0.2, -0.15) is 5.26 Å². The molecular formula is C18H20N2. The van der Waals surface area contributed by atoms with Crippen molar-refractivity contribution in [1.82, 2.24) is 0 Å². The van der Waals surface area contributed by atoms with E-state index in [4.69, 9.17) is 5.73 Å². The highest BCUT2D eigenvalue weighted by molar-refractivity contribution is 5.83. The number of allylic oxidation sites excluding steroid dienone is 3. The molecule has 1 aromatic carbocycles. The average molecular weight is 264 g/mol. The lowest BCUT2D eigenvalue weighted by Gasteiger charge is -2.26. The third kappa shape index (κ3) is 2.21. The van der Waals surface area contributed by atoms with Gasteiger partial charge < -0.3 is 5.73 Å². The van der Waals surface area contributed by atoms with Crippen LogP contribution in [0.1, 0.15) is 25.0 Å². The summed E-state index contributed by atoms with van der Waals surface area (Å²) in [6, 6.07) is 10.5. The van der Waals surface area contributed by atoms with Crippen molar-refractivity contribution in [2.45, 2.75) is 26.3 Å². The first-order chi connectivity index (χ1) is 9.56. The largest absolute Gasteiger partial charge is 0.309 e. The predicted octanol–water partition coefficient (Wildman–Crippen LogP) is 3.75. The van der Waals surface area contributed by atoms with Gasteiger partial charge in [-0.1, -0.05) is 54.1 Å². The summed E-state index contributed by atoms with van der Waals surface area (Å²) in [6.07, 6.45) is 8.05. The van der Waals surface area contributed by atoms with Crippen LogP contribution in [0, 0.1) is 24.2 Å². The van der Waals surface area contributed by atoms with Crippen LogP contribution in [0.25, 0.3) is 5.57 Å². The molecule has 0 aliphatic heterocycles. The molecule has 0 aromatic heterocycles. The number of nitriles is 1. The highest BCUT2D eigenvalue weighted by atomic mass is 14.8. The number of hydrogen-bond donors (Lipinski definition) is 1. The predicted molar refractivity (Wildman–Crippen MR) is 83.7 cm³/mol. The maximum Gasteiger partial charge on any atom is 0.140 e. The van der Waals surface area contributed by atoms with Gasteiger partial charge in [0.1, 0.15) is 5.54 Å².